The number of hydrogen-bond acceptors (Lipinski definition) is 4. The van der Waals surface area contributed by atoms with E-state index in [9.17, 15) is 9.59 Å². The van der Waals surface area contributed by atoms with Gasteiger partial charge in [-0.05, 0) is 57.3 Å². The molecule has 1 heterocycles. The fourth-order valence-electron chi connectivity index (χ4n) is 5.53. The average molecular weight is 306 g/mol. The Morgan fingerprint density at radius 3 is 2.82 bits per heavy atom. The van der Waals surface area contributed by atoms with Crippen LogP contribution in [-0.2, 0) is 19.1 Å². The van der Waals surface area contributed by atoms with Crippen LogP contribution in [0.5, 0.6) is 0 Å². The van der Waals surface area contributed by atoms with E-state index in [1.807, 2.05) is 0 Å². The summed E-state index contributed by atoms with van der Waals surface area (Å²) in [6.07, 6.45) is 9.45. The quantitative estimate of drug-likeness (QED) is 0.732. The zero-order chi connectivity index (χ0) is 15.3. The number of carbonyl (C=O) groups is 2. The highest BCUT2D eigenvalue weighted by atomic mass is 16.6. The molecule has 5 unspecified atom stereocenters. The van der Waals surface area contributed by atoms with Crippen molar-refractivity contribution in [3.63, 3.8) is 0 Å². The zero-order valence-corrected chi connectivity index (χ0v) is 13.4. The minimum absolute atomic E-state index is 0.0899. The van der Waals surface area contributed by atoms with Gasteiger partial charge in [0, 0.05) is 5.92 Å². The Labute approximate surface area is 131 Å². The third-order valence-corrected chi connectivity index (χ3v) is 6.57. The minimum atomic E-state index is -0.239. The Bertz CT molecular complexity index is 477. The highest BCUT2D eigenvalue weighted by molar-refractivity contribution is 5.86. The number of hydrogen-bond donors (Lipinski definition) is 0. The molecule has 3 saturated carbocycles. The van der Waals surface area contributed by atoms with Crippen LogP contribution in [0.15, 0.2) is 0 Å². The Morgan fingerprint density at radius 2 is 2.09 bits per heavy atom. The predicted molar refractivity (Wildman–Crippen MR) is 79.9 cm³/mol. The highest BCUT2D eigenvalue weighted by Crippen LogP contribution is 2.58. The second kappa shape index (κ2) is 5.24. The van der Waals surface area contributed by atoms with Gasteiger partial charge in [-0.3, -0.25) is 9.59 Å². The van der Waals surface area contributed by atoms with Crippen LogP contribution < -0.4 is 0 Å². The SMILES string of the molecule is CCCCC1(OC(=O)C2C3CC4OC(=O)C2C4C3)CCCC1. The van der Waals surface area contributed by atoms with E-state index in [0.29, 0.717) is 5.92 Å². The third-order valence-electron chi connectivity index (χ3n) is 6.57. The summed E-state index contributed by atoms with van der Waals surface area (Å²) in [6.45, 7) is 2.18. The van der Waals surface area contributed by atoms with Crippen LogP contribution >= 0.6 is 0 Å². The van der Waals surface area contributed by atoms with Crippen molar-refractivity contribution in [2.24, 2.45) is 23.7 Å². The lowest BCUT2D eigenvalue weighted by Crippen LogP contribution is -2.40. The molecule has 0 aromatic heterocycles. The van der Waals surface area contributed by atoms with E-state index < -0.39 is 0 Å². The number of rotatable bonds is 5. The summed E-state index contributed by atoms with van der Waals surface area (Å²) in [5.41, 5.74) is -0.239. The molecule has 3 aliphatic carbocycles. The van der Waals surface area contributed by atoms with Crippen molar-refractivity contribution in [3.05, 3.63) is 0 Å². The summed E-state index contributed by atoms with van der Waals surface area (Å²) >= 11 is 0. The van der Waals surface area contributed by atoms with Gasteiger partial charge in [-0.15, -0.1) is 0 Å². The first-order chi connectivity index (χ1) is 10.6. The van der Waals surface area contributed by atoms with Crippen LogP contribution in [0.4, 0.5) is 0 Å². The monoisotopic (exact) mass is 306 g/mol. The maximum atomic E-state index is 12.9. The molecule has 1 aliphatic heterocycles. The summed E-state index contributed by atoms with van der Waals surface area (Å²) in [7, 11) is 0. The van der Waals surface area contributed by atoms with Crippen molar-refractivity contribution in [2.45, 2.75) is 76.4 Å². The number of fused-ring (bicyclic) bond motifs is 1. The first-order valence-corrected chi connectivity index (χ1v) is 9.07. The van der Waals surface area contributed by atoms with E-state index >= 15 is 0 Å². The first-order valence-electron chi connectivity index (χ1n) is 9.07. The van der Waals surface area contributed by atoms with Gasteiger partial charge in [-0.2, -0.15) is 0 Å². The molecule has 4 aliphatic rings. The van der Waals surface area contributed by atoms with Crippen LogP contribution in [0, 0.1) is 23.7 Å². The van der Waals surface area contributed by atoms with E-state index in [4.69, 9.17) is 9.47 Å². The Hall–Kier alpha value is -1.06. The molecule has 1 saturated heterocycles. The van der Waals surface area contributed by atoms with E-state index in [2.05, 4.69) is 6.92 Å². The van der Waals surface area contributed by atoms with Crippen LogP contribution in [0.25, 0.3) is 0 Å². The van der Waals surface area contributed by atoms with E-state index in [-0.39, 0.29) is 41.4 Å². The van der Waals surface area contributed by atoms with Crippen molar-refractivity contribution < 1.29 is 19.1 Å². The van der Waals surface area contributed by atoms with Crippen LogP contribution in [0.1, 0.15) is 64.7 Å². The molecule has 122 valence electrons. The Balaban J connectivity index is 1.49. The minimum Gasteiger partial charge on any atom is -0.462 e. The Kier molecular flexibility index (Phi) is 3.46. The lowest BCUT2D eigenvalue weighted by Gasteiger charge is -2.32. The molecule has 0 radical (unpaired) electrons. The second-order valence-electron chi connectivity index (χ2n) is 7.84. The predicted octanol–water partition coefficient (Wildman–Crippen LogP) is 3.23. The molecular weight excluding hydrogens is 280 g/mol. The molecule has 0 aromatic carbocycles. The maximum Gasteiger partial charge on any atom is 0.310 e. The van der Waals surface area contributed by atoms with Crippen molar-refractivity contribution in [2.75, 3.05) is 0 Å². The zero-order valence-electron chi connectivity index (χ0n) is 13.4. The molecule has 22 heavy (non-hydrogen) atoms. The molecular formula is C18H26O4. The molecule has 4 heteroatoms. The van der Waals surface area contributed by atoms with Gasteiger partial charge in [0.05, 0.1) is 11.8 Å². The van der Waals surface area contributed by atoms with Crippen molar-refractivity contribution in [3.8, 4) is 0 Å². The average Bonchev–Trinajstić information content (AvgIpc) is 3.20. The second-order valence-corrected chi connectivity index (χ2v) is 7.84. The number of ether oxygens (including phenoxy) is 2. The molecule has 0 N–H and O–H groups in total. The van der Waals surface area contributed by atoms with Crippen molar-refractivity contribution >= 4 is 11.9 Å². The molecule has 0 amide bonds. The Morgan fingerprint density at radius 1 is 1.32 bits per heavy atom. The van der Waals surface area contributed by atoms with Gasteiger partial charge in [-0.25, -0.2) is 0 Å². The standard InChI is InChI=1S/C18H26O4/c1-2-3-6-18(7-4-5-8-18)22-17(20)14-11-9-12-13(10-11)21-16(19)15(12)14/h11-15H,2-10H2,1H3. The topological polar surface area (TPSA) is 52.6 Å². The normalized spacial score (nSPS) is 41.0. The van der Waals surface area contributed by atoms with Crippen LogP contribution in [0.2, 0.25) is 0 Å². The molecule has 4 fully saturated rings. The van der Waals surface area contributed by atoms with Crippen molar-refractivity contribution in [1.82, 2.24) is 0 Å². The van der Waals surface area contributed by atoms with Gasteiger partial charge < -0.3 is 9.47 Å². The molecule has 5 atom stereocenters. The van der Waals surface area contributed by atoms with Gasteiger partial charge in [0.25, 0.3) is 0 Å². The molecule has 4 rings (SSSR count). The van der Waals surface area contributed by atoms with E-state index in [1.165, 1.54) is 0 Å². The summed E-state index contributed by atoms with van der Waals surface area (Å²) < 4.78 is 11.5. The van der Waals surface area contributed by atoms with Crippen LogP contribution in [-0.4, -0.2) is 23.6 Å². The summed E-state index contributed by atoms with van der Waals surface area (Å²) in [4.78, 5) is 24.9. The highest BCUT2D eigenvalue weighted by Gasteiger charge is 2.64. The summed E-state index contributed by atoms with van der Waals surface area (Å²) in [6, 6.07) is 0. The van der Waals surface area contributed by atoms with Gasteiger partial charge >= 0.3 is 11.9 Å². The van der Waals surface area contributed by atoms with E-state index in [1.54, 1.807) is 0 Å². The largest absolute Gasteiger partial charge is 0.462 e. The van der Waals surface area contributed by atoms with Gasteiger partial charge in [-0.1, -0.05) is 13.3 Å². The fraction of sp³-hybridized carbons (Fsp3) is 0.889. The molecule has 4 nitrogen and oxygen atoms in total. The lowest BCUT2D eigenvalue weighted by atomic mass is 9.80. The van der Waals surface area contributed by atoms with Crippen LogP contribution in [0.3, 0.4) is 0 Å². The first kappa shape index (κ1) is 14.5. The van der Waals surface area contributed by atoms with Gasteiger partial charge in [0.15, 0.2) is 0 Å². The number of esters is 2. The maximum absolute atomic E-state index is 12.9. The third kappa shape index (κ3) is 2.10. The smallest absolute Gasteiger partial charge is 0.310 e. The lowest BCUT2D eigenvalue weighted by molar-refractivity contribution is -0.170. The van der Waals surface area contributed by atoms with Gasteiger partial charge in [0.1, 0.15) is 11.7 Å². The van der Waals surface area contributed by atoms with Gasteiger partial charge in [0.2, 0.25) is 0 Å². The molecule has 2 bridgehead atoms. The molecule has 0 aromatic rings. The summed E-state index contributed by atoms with van der Waals surface area (Å²) in [5, 5.41) is 0. The summed E-state index contributed by atoms with van der Waals surface area (Å²) in [5.74, 6) is -0.0937. The molecule has 0 spiro atoms. The fourth-order valence-corrected chi connectivity index (χ4v) is 5.53. The number of unbranched alkanes of at least 4 members (excludes halogenated alkanes) is 1. The van der Waals surface area contributed by atoms with E-state index in [0.717, 1.165) is 57.8 Å². The van der Waals surface area contributed by atoms with Crippen molar-refractivity contribution in [1.29, 1.82) is 0 Å². The number of carbonyl (C=O) groups excluding carboxylic acids is 2.